The maximum atomic E-state index is 15.4. The van der Waals surface area contributed by atoms with Gasteiger partial charge in [0.2, 0.25) is 11.8 Å². The van der Waals surface area contributed by atoms with E-state index in [9.17, 15) is 14.7 Å². The molecular weight excluding hydrogens is 767 g/mol. The van der Waals surface area contributed by atoms with Crippen molar-refractivity contribution in [2.75, 3.05) is 32.3 Å². The van der Waals surface area contributed by atoms with E-state index in [0.29, 0.717) is 51.6 Å². The Hall–Kier alpha value is -6.84. The number of hydrogen-bond donors (Lipinski definition) is 1. The molecule has 0 bridgehead atoms. The van der Waals surface area contributed by atoms with Crippen molar-refractivity contribution in [2.45, 2.75) is 24.2 Å². The first kappa shape index (κ1) is 39.6. The van der Waals surface area contributed by atoms with Gasteiger partial charge in [-0.05, 0) is 77.9 Å². The number of aliphatic hydroxyl groups excluding tert-OH is 1. The maximum Gasteiger partial charge on any atom is 0.238 e. The molecule has 61 heavy (non-hydrogen) atoms. The number of ether oxygens (including phenoxy) is 3. The number of aliphatic hydroxyl groups is 1. The molecule has 0 unspecified atom stereocenters. The summed E-state index contributed by atoms with van der Waals surface area (Å²) in [5.41, 5.74) is 3.95. The topological polar surface area (TPSA) is 119 Å². The van der Waals surface area contributed by atoms with Crippen molar-refractivity contribution in [3.63, 3.8) is 0 Å². The third kappa shape index (κ3) is 6.60. The Morgan fingerprint density at radius 3 is 2.20 bits per heavy atom. The third-order valence-electron chi connectivity index (χ3n) is 13.0. The van der Waals surface area contributed by atoms with Crippen molar-refractivity contribution in [3.8, 4) is 17.2 Å². The van der Waals surface area contributed by atoms with Gasteiger partial charge in [-0.15, -0.1) is 0 Å². The number of carbonyl (C=O) groups is 4. The van der Waals surface area contributed by atoms with Gasteiger partial charge in [-0.1, -0.05) is 115 Å². The van der Waals surface area contributed by atoms with E-state index in [4.69, 9.17) is 14.2 Å². The van der Waals surface area contributed by atoms with Gasteiger partial charge in [-0.25, -0.2) is 0 Å². The molecule has 0 aromatic heterocycles. The van der Waals surface area contributed by atoms with Crippen LogP contribution >= 0.6 is 0 Å². The van der Waals surface area contributed by atoms with E-state index >= 15 is 9.59 Å². The van der Waals surface area contributed by atoms with Crippen LogP contribution in [-0.4, -0.2) is 55.9 Å². The number of ketones is 2. The predicted octanol–water partition coefficient (Wildman–Crippen LogP) is 8.27. The molecule has 4 aliphatic rings. The normalized spacial score (nSPS) is 24.4. The SMILES string of the molecule is COc1ccc(OC)c(C=Cc2ccc(N3C(=O)[C@H]4[C@H](CC=C5[C@H]4C[C@H]4C(=O)C(c6ccccc6)=CC(=O)[C@@]4(c4ccccc4)[C@H]5c4ccccc4OCCO)C3=O)cc2)c1. The molecule has 1 aliphatic heterocycles. The number of amides is 2. The molecule has 1 saturated carbocycles. The van der Waals surface area contributed by atoms with E-state index in [2.05, 4.69) is 0 Å². The number of nitrogens with zero attached hydrogens (tertiary/aromatic N) is 1. The molecule has 1 heterocycles. The number of para-hydroxylation sites is 1. The molecule has 9 heteroatoms. The third-order valence-corrected chi connectivity index (χ3v) is 13.0. The van der Waals surface area contributed by atoms with Crippen molar-refractivity contribution < 1.29 is 38.5 Å². The number of rotatable bonds is 11. The number of imide groups is 1. The van der Waals surface area contributed by atoms with Crippen molar-refractivity contribution in [1.82, 2.24) is 0 Å². The summed E-state index contributed by atoms with van der Waals surface area (Å²) in [7, 11) is 3.22. The summed E-state index contributed by atoms with van der Waals surface area (Å²) in [6.07, 6.45) is 7.88. The molecule has 0 radical (unpaired) electrons. The van der Waals surface area contributed by atoms with Crippen LogP contribution in [0.15, 0.2) is 145 Å². The van der Waals surface area contributed by atoms with Crippen LogP contribution in [0.1, 0.15) is 46.6 Å². The molecule has 6 atom stereocenters. The van der Waals surface area contributed by atoms with Crippen LogP contribution in [0.25, 0.3) is 17.7 Å². The Labute approximate surface area is 354 Å². The second kappa shape index (κ2) is 16.3. The second-order valence-electron chi connectivity index (χ2n) is 15.9. The lowest BCUT2D eigenvalue weighted by atomic mass is 9.44. The average molecular weight is 812 g/mol. The molecule has 5 aromatic rings. The zero-order valence-electron chi connectivity index (χ0n) is 33.9. The number of fused-ring (bicyclic) bond motifs is 4. The molecule has 3 aliphatic carbocycles. The van der Waals surface area contributed by atoms with E-state index < -0.39 is 35.0 Å². The Bertz CT molecular complexity index is 2610. The molecule has 2 fully saturated rings. The van der Waals surface area contributed by atoms with Crippen LogP contribution in [0.4, 0.5) is 5.69 Å². The molecule has 9 rings (SSSR count). The number of benzene rings is 5. The summed E-state index contributed by atoms with van der Waals surface area (Å²) in [6.45, 7) is -0.197. The molecule has 306 valence electrons. The predicted molar refractivity (Wildman–Crippen MR) is 233 cm³/mol. The van der Waals surface area contributed by atoms with Crippen molar-refractivity contribution >= 4 is 46.8 Å². The number of anilines is 1. The van der Waals surface area contributed by atoms with Gasteiger partial charge < -0.3 is 19.3 Å². The lowest BCUT2D eigenvalue weighted by Gasteiger charge is -2.55. The van der Waals surface area contributed by atoms with Crippen LogP contribution in [0.2, 0.25) is 0 Å². The zero-order chi connectivity index (χ0) is 42.3. The first-order valence-corrected chi connectivity index (χ1v) is 20.6. The molecule has 2 amide bonds. The van der Waals surface area contributed by atoms with Crippen molar-refractivity contribution in [1.29, 1.82) is 0 Å². The van der Waals surface area contributed by atoms with Gasteiger partial charge in [0.25, 0.3) is 0 Å². The van der Waals surface area contributed by atoms with Crippen LogP contribution in [0.3, 0.4) is 0 Å². The molecule has 1 saturated heterocycles. The number of Topliss-reactive ketones (excluding diaryl/α,β-unsaturated/α-hetero) is 1. The van der Waals surface area contributed by atoms with Crippen LogP contribution in [0, 0.1) is 23.7 Å². The standard InChI is InChI=1S/C52H45NO8/c1-59-37-23-26-44(60-2)34(29-37)20-17-32-18-21-36(22-19-32)53-50(57)40-25-24-38-42(47(40)51(53)58)30-43-49(56)41(33-11-5-3-6-12-33)31-46(55)52(43,35-13-7-4-8-14-35)48(38)39-15-9-10-16-45(39)61-28-27-54/h3-24,26,29,31,40,42-43,47-48,54H,25,27-28,30H2,1-2H3/t40-,42+,43-,47-,48+,52-/m0/s1. The first-order valence-electron chi connectivity index (χ1n) is 20.6. The molecular formula is C52H45NO8. The lowest BCUT2D eigenvalue weighted by molar-refractivity contribution is -0.135. The monoisotopic (exact) mass is 811 g/mol. The van der Waals surface area contributed by atoms with Crippen LogP contribution in [0.5, 0.6) is 17.2 Å². The Balaban J connectivity index is 1.14. The van der Waals surface area contributed by atoms with Gasteiger partial charge in [0, 0.05) is 28.5 Å². The maximum absolute atomic E-state index is 15.4. The first-order chi connectivity index (χ1) is 29.8. The fourth-order valence-corrected chi connectivity index (χ4v) is 10.4. The molecule has 5 aromatic carbocycles. The smallest absolute Gasteiger partial charge is 0.238 e. The van der Waals surface area contributed by atoms with E-state index in [-0.39, 0.29) is 43.0 Å². The summed E-state index contributed by atoms with van der Waals surface area (Å²) in [5, 5.41) is 9.82. The highest BCUT2D eigenvalue weighted by Gasteiger charge is 2.66. The van der Waals surface area contributed by atoms with Crippen molar-refractivity contribution in [3.05, 3.63) is 173 Å². The van der Waals surface area contributed by atoms with E-state index in [1.807, 2.05) is 133 Å². The largest absolute Gasteiger partial charge is 0.497 e. The summed E-state index contributed by atoms with van der Waals surface area (Å²) in [5.74, 6) is -2.69. The highest BCUT2D eigenvalue weighted by atomic mass is 16.5. The van der Waals surface area contributed by atoms with Gasteiger partial charge in [0.15, 0.2) is 11.6 Å². The second-order valence-corrected chi connectivity index (χ2v) is 15.9. The Morgan fingerprint density at radius 2 is 1.48 bits per heavy atom. The summed E-state index contributed by atoms with van der Waals surface area (Å²) < 4.78 is 17.1. The van der Waals surface area contributed by atoms with Gasteiger partial charge in [-0.3, -0.25) is 24.1 Å². The minimum atomic E-state index is -1.39. The van der Waals surface area contributed by atoms with Crippen LogP contribution in [-0.2, 0) is 24.6 Å². The van der Waals surface area contributed by atoms with Crippen LogP contribution < -0.4 is 19.1 Å². The number of allylic oxidation sites excluding steroid dienone is 4. The van der Waals surface area contributed by atoms with Gasteiger partial charge in [0.1, 0.15) is 23.9 Å². The van der Waals surface area contributed by atoms with Gasteiger partial charge >= 0.3 is 0 Å². The molecule has 9 nitrogen and oxygen atoms in total. The highest BCUT2D eigenvalue weighted by molar-refractivity contribution is 6.32. The van der Waals surface area contributed by atoms with E-state index in [1.165, 1.54) is 11.0 Å². The lowest BCUT2D eigenvalue weighted by Crippen LogP contribution is -2.58. The molecule has 1 N–H and O–H groups in total. The Morgan fingerprint density at radius 1 is 0.754 bits per heavy atom. The van der Waals surface area contributed by atoms with E-state index in [1.54, 1.807) is 26.4 Å². The average Bonchev–Trinajstić information content (AvgIpc) is 3.57. The van der Waals surface area contributed by atoms with E-state index in [0.717, 1.165) is 16.7 Å². The minimum absolute atomic E-state index is 0.0231. The quantitative estimate of drug-likeness (QED) is 0.0805. The minimum Gasteiger partial charge on any atom is -0.497 e. The number of hydrogen-bond acceptors (Lipinski definition) is 8. The van der Waals surface area contributed by atoms with Gasteiger partial charge in [-0.2, -0.15) is 0 Å². The Kier molecular flexibility index (Phi) is 10.6. The van der Waals surface area contributed by atoms with Gasteiger partial charge in [0.05, 0.1) is 43.8 Å². The summed E-state index contributed by atoms with van der Waals surface area (Å²) >= 11 is 0. The summed E-state index contributed by atoms with van der Waals surface area (Å²) in [6, 6.07) is 39.0. The zero-order valence-corrected chi connectivity index (χ0v) is 33.9. The number of methoxy groups -OCH3 is 2. The fraction of sp³-hybridized carbons (Fsp3) is 0.231. The summed E-state index contributed by atoms with van der Waals surface area (Å²) in [4.78, 5) is 61.4. The fourth-order valence-electron chi connectivity index (χ4n) is 10.4. The number of carbonyl (C=O) groups excluding carboxylic acids is 4. The van der Waals surface area contributed by atoms with Crippen molar-refractivity contribution in [2.24, 2.45) is 23.7 Å². The highest BCUT2D eigenvalue weighted by Crippen LogP contribution is 2.64. The molecule has 0 spiro atoms.